The molecule has 0 radical (unpaired) electrons. The number of nitrogens with one attached hydrogen (secondary N) is 1. The van der Waals surface area contributed by atoms with Crippen molar-refractivity contribution in [3.63, 3.8) is 0 Å². The van der Waals surface area contributed by atoms with E-state index < -0.39 is 0 Å². The zero-order chi connectivity index (χ0) is 16.5. The number of hydrogen-bond donors (Lipinski definition) is 1. The van der Waals surface area contributed by atoms with E-state index in [1.54, 1.807) is 23.5 Å². The minimum atomic E-state index is -0.226. The fourth-order valence-corrected chi connectivity index (χ4v) is 3.78. The van der Waals surface area contributed by atoms with Crippen LogP contribution < -0.4 is 5.32 Å². The number of thiophene rings is 1. The van der Waals surface area contributed by atoms with Crippen LogP contribution in [-0.4, -0.2) is 0 Å². The van der Waals surface area contributed by atoms with E-state index in [1.165, 1.54) is 32.7 Å². The van der Waals surface area contributed by atoms with Crippen molar-refractivity contribution in [3.8, 4) is 10.4 Å². The van der Waals surface area contributed by atoms with Gasteiger partial charge in [0.25, 0.3) is 0 Å². The molecule has 3 heteroatoms. The van der Waals surface area contributed by atoms with Crippen molar-refractivity contribution in [2.75, 3.05) is 5.32 Å². The predicted octanol–water partition coefficient (Wildman–Crippen LogP) is 6.76. The molecule has 1 N–H and O–H groups in total. The minimum absolute atomic E-state index is 0.226. The molecule has 0 amide bonds. The number of aryl methyl sites for hydroxylation is 1. The third-order valence-corrected chi connectivity index (χ3v) is 5.24. The molecule has 1 aromatic heterocycles. The summed E-state index contributed by atoms with van der Waals surface area (Å²) in [5, 5.41) is 4.65. The summed E-state index contributed by atoms with van der Waals surface area (Å²) in [5.74, 6) is -0.226. The Morgan fingerprint density at radius 1 is 0.875 bits per heavy atom. The summed E-state index contributed by atoms with van der Waals surface area (Å²) in [5.41, 5.74) is 4.26. The third kappa shape index (κ3) is 2.91. The smallest absolute Gasteiger partial charge is 0.123 e. The van der Waals surface area contributed by atoms with Crippen LogP contribution in [0.25, 0.3) is 20.5 Å². The highest BCUT2D eigenvalue weighted by molar-refractivity contribution is 7.22. The summed E-state index contributed by atoms with van der Waals surface area (Å²) in [4.78, 5) is 1.25. The monoisotopic (exact) mass is 333 g/mol. The number of hydrogen-bond acceptors (Lipinski definition) is 2. The van der Waals surface area contributed by atoms with Crippen LogP contribution in [0.5, 0.6) is 0 Å². The van der Waals surface area contributed by atoms with Crippen molar-refractivity contribution in [3.05, 3.63) is 84.2 Å². The molecule has 3 aromatic carbocycles. The van der Waals surface area contributed by atoms with Crippen LogP contribution in [0.1, 0.15) is 5.56 Å². The van der Waals surface area contributed by atoms with Crippen molar-refractivity contribution in [2.45, 2.75) is 6.92 Å². The molecule has 0 spiro atoms. The zero-order valence-electron chi connectivity index (χ0n) is 13.2. The summed E-state index contributed by atoms with van der Waals surface area (Å²) in [7, 11) is 0. The molecule has 0 bridgehead atoms. The molecule has 118 valence electrons. The highest BCUT2D eigenvalue weighted by atomic mass is 32.1. The van der Waals surface area contributed by atoms with Gasteiger partial charge in [-0.15, -0.1) is 11.3 Å². The van der Waals surface area contributed by atoms with Crippen LogP contribution in [0.4, 0.5) is 15.8 Å². The van der Waals surface area contributed by atoms with Gasteiger partial charge in [0.2, 0.25) is 0 Å². The molecule has 0 atom stereocenters. The standard InChI is InChI=1S/C21H16FNS/c1-14-6-7-16(21-13-15-4-2-3-5-20(15)24-21)12-19(14)23-18-10-8-17(22)9-11-18/h2-13,23H,1H3. The third-order valence-electron chi connectivity index (χ3n) is 4.07. The van der Waals surface area contributed by atoms with Crippen molar-refractivity contribution in [2.24, 2.45) is 0 Å². The van der Waals surface area contributed by atoms with Crippen LogP contribution in [0.3, 0.4) is 0 Å². The van der Waals surface area contributed by atoms with E-state index in [-0.39, 0.29) is 5.82 Å². The molecule has 0 fully saturated rings. The quantitative estimate of drug-likeness (QED) is 0.437. The Bertz CT molecular complexity index is 969. The van der Waals surface area contributed by atoms with Gasteiger partial charge < -0.3 is 5.32 Å². The Morgan fingerprint density at radius 2 is 1.67 bits per heavy atom. The molecular weight excluding hydrogens is 317 g/mol. The highest BCUT2D eigenvalue weighted by Gasteiger charge is 2.07. The van der Waals surface area contributed by atoms with Gasteiger partial charge in [-0.25, -0.2) is 4.39 Å². The Kier molecular flexibility index (Phi) is 3.79. The summed E-state index contributed by atoms with van der Waals surface area (Å²) in [6.45, 7) is 2.07. The van der Waals surface area contributed by atoms with Gasteiger partial charge in [0, 0.05) is 21.0 Å². The van der Waals surface area contributed by atoms with Gasteiger partial charge in [0.15, 0.2) is 0 Å². The average Bonchev–Trinajstić information content (AvgIpc) is 3.03. The summed E-state index contributed by atoms with van der Waals surface area (Å²) < 4.78 is 14.4. The zero-order valence-corrected chi connectivity index (χ0v) is 14.0. The van der Waals surface area contributed by atoms with Gasteiger partial charge in [-0.1, -0.05) is 30.3 Å². The summed E-state index contributed by atoms with van der Waals surface area (Å²) in [6.07, 6.45) is 0. The van der Waals surface area contributed by atoms with Crippen LogP contribution in [0, 0.1) is 12.7 Å². The number of benzene rings is 3. The molecule has 4 rings (SSSR count). The van der Waals surface area contributed by atoms with Crippen molar-refractivity contribution in [1.29, 1.82) is 0 Å². The largest absolute Gasteiger partial charge is 0.355 e. The van der Waals surface area contributed by atoms with Crippen molar-refractivity contribution < 1.29 is 4.39 Å². The highest BCUT2D eigenvalue weighted by Crippen LogP contribution is 2.35. The Labute approximate surface area is 144 Å². The lowest BCUT2D eigenvalue weighted by atomic mass is 10.1. The van der Waals surface area contributed by atoms with E-state index in [4.69, 9.17) is 0 Å². The van der Waals surface area contributed by atoms with E-state index in [0.29, 0.717) is 0 Å². The first kappa shape index (κ1) is 14.9. The average molecular weight is 333 g/mol. The van der Waals surface area contributed by atoms with Gasteiger partial charge in [-0.3, -0.25) is 0 Å². The molecule has 0 saturated carbocycles. The molecule has 1 nitrogen and oxygen atoms in total. The van der Waals surface area contributed by atoms with Gasteiger partial charge in [0.1, 0.15) is 5.82 Å². The van der Waals surface area contributed by atoms with Gasteiger partial charge >= 0.3 is 0 Å². The SMILES string of the molecule is Cc1ccc(-c2cc3ccccc3s2)cc1Nc1ccc(F)cc1. The molecule has 0 aliphatic rings. The molecule has 0 saturated heterocycles. The van der Waals surface area contributed by atoms with E-state index >= 15 is 0 Å². The van der Waals surface area contributed by atoms with Gasteiger partial charge in [-0.05, 0) is 65.9 Å². The second kappa shape index (κ2) is 6.10. The van der Waals surface area contributed by atoms with Gasteiger partial charge in [-0.2, -0.15) is 0 Å². The minimum Gasteiger partial charge on any atom is -0.355 e. The van der Waals surface area contributed by atoms with E-state index in [9.17, 15) is 4.39 Å². The van der Waals surface area contributed by atoms with E-state index in [2.05, 4.69) is 60.8 Å². The van der Waals surface area contributed by atoms with E-state index in [1.807, 2.05) is 0 Å². The Hall–Kier alpha value is -2.65. The molecule has 0 aliphatic heterocycles. The summed E-state index contributed by atoms with van der Waals surface area (Å²) in [6, 6.07) is 23.5. The van der Waals surface area contributed by atoms with Crippen molar-refractivity contribution >= 4 is 32.8 Å². The lowest BCUT2D eigenvalue weighted by Crippen LogP contribution is -1.93. The number of fused-ring (bicyclic) bond motifs is 1. The topological polar surface area (TPSA) is 12.0 Å². The molecule has 4 aromatic rings. The van der Waals surface area contributed by atoms with Crippen molar-refractivity contribution in [1.82, 2.24) is 0 Å². The first-order valence-corrected chi connectivity index (χ1v) is 8.63. The maximum atomic E-state index is 13.1. The second-order valence-corrected chi connectivity index (χ2v) is 6.89. The van der Waals surface area contributed by atoms with Crippen LogP contribution in [0.15, 0.2) is 72.8 Å². The Morgan fingerprint density at radius 3 is 2.46 bits per heavy atom. The lowest BCUT2D eigenvalue weighted by molar-refractivity contribution is 0.628. The normalized spacial score (nSPS) is 10.9. The van der Waals surface area contributed by atoms with Gasteiger partial charge in [0.05, 0.1) is 0 Å². The van der Waals surface area contributed by atoms with Crippen LogP contribution >= 0.6 is 11.3 Å². The fraction of sp³-hybridized carbons (Fsp3) is 0.0476. The molecule has 0 aliphatic carbocycles. The second-order valence-electron chi connectivity index (χ2n) is 5.81. The molecule has 24 heavy (non-hydrogen) atoms. The predicted molar refractivity (Wildman–Crippen MR) is 102 cm³/mol. The number of halogens is 1. The number of rotatable bonds is 3. The molecule has 0 unspecified atom stereocenters. The maximum Gasteiger partial charge on any atom is 0.123 e. The van der Waals surface area contributed by atoms with Crippen LogP contribution in [-0.2, 0) is 0 Å². The van der Waals surface area contributed by atoms with Crippen LogP contribution in [0.2, 0.25) is 0 Å². The molecule has 1 heterocycles. The van der Waals surface area contributed by atoms with E-state index in [0.717, 1.165) is 16.9 Å². The number of anilines is 2. The summed E-state index contributed by atoms with van der Waals surface area (Å²) >= 11 is 1.80. The first-order valence-electron chi connectivity index (χ1n) is 7.81. The Balaban J connectivity index is 1.71. The molecular formula is C21H16FNS. The fourth-order valence-electron chi connectivity index (χ4n) is 2.72. The first-order chi connectivity index (χ1) is 11.7. The maximum absolute atomic E-state index is 13.1. The lowest BCUT2D eigenvalue weighted by Gasteiger charge is -2.11.